The molecule has 0 aromatic heterocycles. The quantitative estimate of drug-likeness (QED) is 0.721. The van der Waals surface area contributed by atoms with Gasteiger partial charge in [0.15, 0.2) is 0 Å². The second-order valence-corrected chi connectivity index (χ2v) is 6.44. The number of halogens is 2. The average Bonchev–Trinajstić information content (AvgIpc) is 2.55. The number of hydrogen-bond donors (Lipinski definition) is 2. The van der Waals surface area contributed by atoms with Crippen LogP contribution in [0.3, 0.4) is 0 Å². The zero-order valence-electron chi connectivity index (χ0n) is 14.8. The van der Waals surface area contributed by atoms with Gasteiger partial charge in [0.2, 0.25) is 5.91 Å². The van der Waals surface area contributed by atoms with Gasteiger partial charge in [-0.25, -0.2) is 0 Å². The maximum Gasteiger partial charge on any atom is 0.234 e. The van der Waals surface area contributed by atoms with E-state index in [0.717, 1.165) is 32.7 Å². The number of rotatable bonds is 8. The summed E-state index contributed by atoms with van der Waals surface area (Å²) in [6, 6.07) is 20.6. The highest BCUT2D eigenvalue weighted by atomic mass is 35.5. The summed E-state index contributed by atoms with van der Waals surface area (Å²) in [4.78, 5) is 14.5. The zero-order chi connectivity index (χ0) is 16.6. The number of benzene rings is 2. The Hall–Kier alpha value is -1.59. The second-order valence-electron chi connectivity index (χ2n) is 6.44. The molecule has 6 heteroatoms. The summed E-state index contributed by atoms with van der Waals surface area (Å²) in [5.41, 5.74) is 2.45. The van der Waals surface area contributed by atoms with Crippen LogP contribution in [-0.2, 0) is 17.9 Å². The van der Waals surface area contributed by atoms with Crippen molar-refractivity contribution in [3.63, 3.8) is 0 Å². The topological polar surface area (TPSA) is 44.4 Å². The van der Waals surface area contributed by atoms with E-state index in [4.69, 9.17) is 0 Å². The van der Waals surface area contributed by atoms with Crippen molar-refractivity contribution in [2.45, 2.75) is 13.1 Å². The van der Waals surface area contributed by atoms with Crippen LogP contribution in [0.5, 0.6) is 0 Å². The fraction of sp³-hybridized carbons (Fsp3) is 0.350. The van der Waals surface area contributed by atoms with Gasteiger partial charge in [0.25, 0.3) is 0 Å². The molecule has 0 spiro atoms. The van der Waals surface area contributed by atoms with Crippen LogP contribution in [0.15, 0.2) is 60.7 Å². The maximum absolute atomic E-state index is 12.3. The van der Waals surface area contributed by atoms with Gasteiger partial charge < -0.3 is 10.6 Å². The van der Waals surface area contributed by atoms with Gasteiger partial charge >= 0.3 is 0 Å². The molecule has 1 aliphatic heterocycles. The first-order valence-corrected chi connectivity index (χ1v) is 8.57. The number of amides is 1. The van der Waals surface area contributed by atoms with Crippen molar-refractivity contribution >= 4 is 30.7 Å². The van der Waals surface area contributed by atoms with Gasteiger partial charge in [-0.2, -0.15) is 0 Å². The predicted octanol–water partition coefficient (Wildman–Crippen LogP) is 2.87. The molecular formula is C20H27Cl2N3O. The highest BCUT2D eigenvalue weighted by Gasteiger charge is 2.18. The number of carbonyl (C=O) groups is 1. The van der Waals surface area contributed by atoms with Crippen molar-refractivity contribution in [2.24, 2.45) is 5.92 Å². The summed E-state index contributed by atoms with van der Waals surface area (Å²) >= 11 is 0. The van der Waals surface area contributed by atoms with Gasteiger partial charge in [0, 0.05) is 38.6 Å². The standard InChI is InChI=1S/C20H25N3O.2ClH/c24-20(22-13-19-11-21-12-19)16-23(14-17-7-3-1-4-8-17)15-18-9-5-2-6-10-18;;/h1-10,19,21H,11-16H2,(H,22,24);2*1H. The molecule has 3 rings (SSSR count). The number of nitrogens with zero attached hydrogens (tertiary/aromatic N) is 1. The number of hydrogen-bond acceptors (Lipinski definition) is 3. The molecule has 26 heavy (non-hydrogen) atoms. The Balaban J connectivity index is 0.00000169. The van der Waals surface area contributed by atoms with Crippen molar-refractivity contribution in [3.05, 3.63) is 71.8 Å². The summed E-state index contributed by atoms with van der Waals surface area (Å²) in [5, 5.41) is 6.30. The van der Waals surface area contributed by atoms with E-state index in [1.165, 1.54) is 11.1 Å². The van der Waals surface area contributed by atoms with Crippen LogP contribution in [0.2, 0.25) is 0 Å². The monoisotopic (exact) mass is 395 g/mol. The summed E-state index contributed by atoms with van der Waals surface area (Å²) in [6.07, 6.45) is 0. The van der Waals surface area contributed by atoms with Gasteiger partial charge in [0.05, 0.1) is 6.54 Å². The molecule has 0 saturated carbocycles. The van der Waals surface area contributed by atoms with E-state index >= 15 is 0 Å². The minimum Gasteiger partial charge on any atom is -0.355 e. The lowest BCUT2D eigenvalue weighted by molar-refractivity contribution is -0.122. The fourth-order valence-corrected chi connectivity index (χ4v) is 2.86. The van der Waals surface area contributed by atoms with E-state index in [2.05, 4.69) is 39.8 Å². The summed E-state index contributed by atoms with van der Waals surface area (Å²) < 4.78 is 0. The fourth-order valence-electron chi connectivity index (χ4n) is 2.86. The molecule has 0 unspecified atom stereocenters. The van der Waals surface area contributed by atoms with E-state index in [9.17, 15) is 4.79 Å². The van der Waals surface area contributed by atoms with E-state index < -0.39 is 0 Å². The van der Waals surface area contributed by atoms with E-state index in [1.54, 1.807) is 0 Å². The first-order chi connectivity index (χ1) is 11.8. The smallest absolute Gasteiger partial charge is 0.234 e. The molecule has 2 N–H and O–H groups in total. The van der Waals surface area contributed by atoms with Crippen molar-refractivity contribution in [3.8, 4) is 0 Å². The van der Waals surface area contributed by atoms with Crippen LogP contribution in [0, 0.1) is 5.92 Å². The van der Waals surface area contributed by atoms with Gasteiger partial charge in [-0.05, 0) is 11.1 Å². The van der Waals surface area contributed by atoms with Crippen molar-refractivity contribution < 1.29 is 4.79 Å². The molecule has 142 valence electrons. The van der Waals surface area contributed by atoms with Crippen LogP contribution in [0.25, 0.3) is 0 Å². The lowest BCUT2D eigenvalue weighted by atomic mass is 10.0. The lowest BCUT2D eigenvalue weighted by Gasteiger charge is -2.28. The van der Waals surface area contributed by atoms with Crippen LogP contribution >= 0.6 is 24.8 Å². The third kappa shape index (κ3) is 7.34. The van der Waals surface area contributed by atoms with Crippen molar-refractivity contribution in [2.75, 3.05) is 26.2 Å². The third-order valence-electron chi connectivity index (χ3n) is 4.32. The Kier molecular flexibility index (Phi) is 10.3. The Bertz CT molecular complexity index is 595. The number of nitrogens with one attached hydrogen (secondary N) is 2. The summed E-state index contributed by atoms with van der Waals surface area (Å²) in [5.74, 6) is 0.694. The molecule has 1 fully saturated rings. The Labute approximate surface area is 168 Å². The molecule has 1 heterocycles. The first kappa shape index (κ1) is 22.5. The van der Waals surface area contributed by atoms with Gasteiger partial charge in [-0.3, -0.25) is 9.69 Å². The van der Waals surface area contributed by atoms with E-state index in [0.29, 0.717) is 12.5 Å². The summed E-state index contributed by atoms with van der Waals surface area (Å²) in [6.45, 7) is 4.76. The molecular weight excluding hydrogens is 369 g/mol. The minimum absolute atomic E-state index is 0. The van der Waals surface area contributed by atoms with E-state index in [1.807, 2.05) is 36.4 Å². The van der Waals surface area contributed by atoms with Crippen LogP contribution in [0.4, 0.5) is 0 Å². The van der Waals surface area contributed by atoms with Crippen LogP contribution in [-0.4, -0.2) is 37.0 Å². The van der Waals surface area contributed by atoms with Crippen LogP contribution in [0.1, 0.15) is 11.1 Å². The Morgan fingerprint density at radius 2 is 1.42 bits per heavy atom. The third-order valence-corrected chi connectivity index (χ3v) is 4.32. The lowest BCUT2D eigenvalue weighted by Crippen LogP contribution is -2.49. The van der Waals surface area contributed by atoms with E-state index in [-0.39, 0.29) is 30.7 Å². The zero-order valence-corrected chi connectivity index (χ0v) is 16.4. The SMILES string of the molecule is Cl.Cl.O=C(CN(Cc1ccccc1)Cc1ccccc1)NCC1CNC1. The van der Waals surface area contributed by atoms with Crippen molar-refractivity contribution in [1.82, 2.24) is 15.5 Å². The first-order valence-electron chi connectivity index (χ1n) is 8.57. The van der Waals surface area contributed by atoms with Gasteiger partial charge in [0.1, 0.15) is 0 Å². The number of carbonyl (C=O) groups excluding carboxylic acids is 1. The minimum atomic E-state index is 0. The molecule has 0 atom stereocenters. The van der Waals surface area contributed by atoms with Crippen molar-refractivity contribution in [1.29, 1.82) is 0 Å². The van der Waals surface area contributed by atoms with Gasteiger partial charge in [-0.1, -0.05) is 60.7 Å². The maximum atomic E-state index is 12.3. The molecule has 2 aromatic carbocycles. The molecule has 2 aromatic rings. The molecule has 0 aliphatic carbocycles. The molecule has 1 aliphatic rings. The average molecular weight is 396 g/mol. The predicted molar refractivity (Wildman–Crippen MR) is 111 cm³/mol. The van der Waals surface area contributed by atoms with Crippen LogP contribution < -0.4 is 10.6 Å². The molecule has 1 saturated heterocycles. The summed E-state index contributed by atoms with van der Waals surface area (Å²) in [7, 11) is 0. The second kappa shape index (κ2) is 11.9. The molecule has 4 nitrogen and oxygen atoms in total. The highest BCUT2D eigenvalue weighted by molar-refractivity contribution is 5.85. The van der Waals surface area contributed by atoms with Gasteiger partial charge in [-0.15, -0.1) is 24.8 Å². The molecule has 0 bridgehead atoms. The largest absolute Gasteiger partial charge is 0.355 e. The molecule has 0 radical (unpaired) electrons. The normalized spacial score (nSPS) is 13.3. The Morgan fingerprint density at radius 1 is 0.923 bits per heavy atom. The Morgan fingerprint density at radius 3 is 1.85 bits per heavy atom. The highest BCUT2D eigenvalue weighted by Crippen LogP contribution is 2.10. The molecule has 1 amide bonds.